The molecule has 0 radical (unpaired) electrons. The van der Waals surface area contributed by atoms with Crippen molar-refractivity contribution in [3.63, 3.8) is 0 Å². The molecule has 2 amide bonds. The summed E-state index contributed by atoms with van der Waals surface area (Å²) in [6, 6.07) is 4.05. The molecule has 4 aromatic rings. The Balaban J connectivity index is 1.64. The molecule has 0 bridgehead atoms. The maximum Gasteiger partial charge on any atom is 0.287 e. The number of primary amides is 1. The van der Waals surface area contributed by atoms with E-state index in [0.717, 1.165) is 0 Å². The van der Waals surface area contributed by atoms with Crippen LogP contribution < -0.4 is 11.1 Å². The Hall–Kier alpha value is -4.21. The standard InChI is InChI=1S/C20H17N5O5/c1-11-23-7-15(25(11)17-4-2-3-5-22-17)20(28)24-14(18(26)19(21)27)6-12-8-30-16-10-29-9-13(12)16/h2-5,7-10,14H,6H2,1H3,(H2,21,27)(H,24,28). The van der Waals surface area contributed by atoms with Gasteiger partial charge < -0.3 is 19.9 Å². The van der Waals surface area contributed by atoms with Crippen LogP contribution in [0.15, 0.2) is 58.2 Å². The van der Waals surface area contributed by atoms with Gasteiger partial charge >= 0.3 is 0 Å². The number of imidazole rings is 1. The van der Waals surface area contributed by atoms with E-state index < -0.39 is 23.6 Å². The van der Waals surface area contributed by atoms with Gasteiger partial charge in [-0.1, -0.05) is 6.07 Å². The van der Waals surface area contributed by atoms with Crippen LogP contribution in [0.5, 0.6) is 0 Å². The highest BCUT2D eigenvalue weighted by atomic mass is 16.4. The molecule has 30 heavy (non-hydrogen) atoms. The van der Waals surface area contributed by atoms with E-state index in [9.17, 15) is 14.4 Å². The molecule has 0 fully saturated rings. The maximum atomic E-state index is 13.0. The average molecular weight is 407 g/mol. The van der Waals surface area contributed by atoms with Gasteiger partial charge in [0, 0.05) is 18.2 Å². The number of Topliss-reactive ketones (excluding diaryl/α,β-unsaturated/α-hetero) is 1. The van der Waals surface area contributed by atoms with Crippen LogP contribution in [0, 0.1) is 6.92 Å². The number of fused-ring (bicyclic) bond motifs is 1. The molecule has 0 aliphatic rings. The highest BCUT2D eigenvalue weighted by molar-refractivity contribution is 6.38. The van der Waals surface area contributed by atoms with Crippen molar-refractivity contribution in [1.82, 2.24) is 19.9 Å². The van der Waals surface area contributed by atoms with Crippen LogP contribution in [0.3, 0.4) is 0 Å². The summed E-state index contributed by atoms with van der Waals surface area (Å²) in [6.45, 7) is 1.72. The van der Waals surface area contributed by atoms with Gasteiger partial charge in [-0.15, -0.1) is 0 Å². The van der Waals surface area contributed by atoms with Gasteiger partial charge in [0.2, 0.25) is 5.78 Å². The Morgan fingerprint density at radius 3 is 2.77 bits per heavy atom. The molecule has 1 unspecified atom stereocenters. The van der Waals surface area contributed by atoms with E-state index in [1.54, 1.807) is 35.9 Å². The lowest BCUT2D eigenvalue weighted by Gasteiger charge is -2.16. The summed E-state index contributed by atoms with van der Waals surface area (Å²) in [6.07, 6.45) is 7.27. The quantitative estimate of drug-likeness (QED) is 0.439. The number of aryl methyl sites for hydroxylation is 1. The van der Waals surface area contributed by atoms with Crippen LogP contribution >= 0.6 is 0 Å². The molecule has 3 N–H and O–H groups in total. The lowest BCUT2D eigenvalue weighted by Crippen LogP contribution is -2.47. The Morgan fingerprint density at radius 2 is 2.03 bits per heavy atom. The van der Waals surface area contributed by atoms with E-state index in [0.29, 0.717) is 28.2 Å². The van der Waals surface area contributed by atoms with Crippen LogP contribution in [-0.2, 0) is 16.0 Å². The van der Waals surface area contributed by atoms with Gasteiger partial charge in [0.15, 0.2) is 5.58 Å². The second-order valence-electron chi connectivity index (χ2n) is 6.58. The largest absolute Gasteiger partial charge is 0.468 e. The van der Waals surface area contributed by atoms with Crippen molar-refractivity contribution in [2.24, 2.45) is 5.73 Å². The monoisotopic (exact) mass is 407 g/mol. The SMILES string of the molecule is Cc1ncc(C(=O)NC(Cc2coc3cocc23)C(=O)C(N)=O)n1-c1ccccn1. The van der Waals surface area contributed by atoms with Crippen molar-refractivity contribution in [2.45, 2.75) is 19.4 Å². The minimum atomic E-state index is -1.20. The first-order chi connectivity index (χ1) is 14.5. The predicted octanol–water partition coefficient (Wildman–Crippen LogP) is 1.31. The lowest BCUT2D eigenvalue weighted by atomic mass is 10.0. The fraction of sp³-hybridized carbons (Fsp3) is 0.150. The van der Waals surface area contributed by atoms with E-state index in [1.165, 1.54) is 25.0 Å². The van der Waals surface area contributed by atoms with Crippen molar-refractivity contribution < 1.29 is 23.2 Å². The fourth-order valence-corrected chi connectivity index (χ4v) is 3.18. The molecule has 0 aliphatic heterocycles. The molecular formula is C20H17N5O5. The maximum absolute atomic E-state index is 13.0. The smallest absolute Gasteiger partial charge is 0.287 e. The highest BCUT2D eigenvalue weighted by Gasteiger charge is 2.29. The van der Waals surface area contributed by atoms with Crippen molar-refractivity contribution >= 4 is 28.6 Å². The van der Waals surface area contributed by atoms with Gasteiger partial charge in [-0.05, 0) is 19.1 Å². The second-order valence-corrected chi connectivity index (χ2v) is 6.58. The Bertz CT molecular complexity index is 1240. The zero-order valence-electron chi connectivity index (χ0n) is 15.9. The first kappa shape index (κ1) is 19.1. The van der Waals surface area contributed by atoms with E-state index in [2.05, 4.69) is 15.3 Å². The molecule has 0 spiro atoms. The number of carbonyl (C=O) groups excluding carboxylic acids is 3. The fourth-order valence-electron chi connectivity index (χ4n) is 3.18. The summed E-state index contributed by atoms with van der Waals surface area (Å²) < 4.78 is 12.0. The lowest BCUT2D eigenvalue weighted by molar-refractivity contribution is -0.137. The first-order valence-electron chi connectivity index (χ1n) is 8.98. The summed E-state index contributed by atoms with van der Waals surface area (Å²) >= 11 is 0. The van der Waals surface area contributed by atoms with Gasteiger partial charge in [0.05, 0.1) is 17.8 Å². The molecule has 0 aliphatic carbocycles. The second kappa shape index (κ2) is 7.66. The molecule has 0 aromatic carbocycles. The zero-order valence-corrected chi connectivity index (χ0v) is 15.9. The number of ketones is 1. The first-order valence-corrected chi connectivity index (χ1v) is 8.98. The molecule has 10 nitrogen and oxygen atoms in total. The summed E-state index contributed by atoms with van der Waals surface area (Å²) in [5.74, 6) is -1.66. The number of furan rings is 2. The molecular weight excluding hydrogens is 390 g/mol. The van der Waals surface area contributed by atoms with Crippen molar-refractivity contribution in [3.8, 4) is 5.82 Å². The van der Waals surface area contributed by atoms with Gasteiger partial charge in [-0.3, -0.25) is 19.0 Å². The third kappa shape index (κ3) is 3.46. The summed E-state index contributed by atoms with van der Waals surface area (Å²) in [5, 5.41) is 3.22. The number of rotatable bonds is 7. The summed E-state index contributed by atoms with van der Waals surface area (Å²) in [7, 11) is 0. The normalized spacial score (nSPS) is 12.0. The van der Waals surface area contributed by atoms with Gasteiger partial charge in [-0.25, -0.2) is 9.97 Å². The number of nitrogens with two attached hydrogens (primary N) is 1. The average Bonchev–Trinajstić information content (AvgIpc) is 3.44. The molecule has 0 saturated carbocycles. The number of aromatic nitrogens is 3. The molecule has 4 aromatic heterocycles. The topological polar surface area (TPSA) is 146 Å². The molecule has 1 atom stereocenters. The van der Waals surface area contributed by atoms with Crippen LogP contribution in [0.25, 0.3) is 16.8 Å². The van der Waals surface area contributed by atoms with Crippen LogP contribution in [-0.4, -0.2) is 38.2 Å². The molecule has 4 heterocycles. The van der Waals surface area contributed by atoms with E-state index in [-0.39, 0.29) is 12.1 Å². The minimum Gasteiger partial charge on any atom is -0.468 e. The Kier molecular flexibility index (Phi) is 4.88. The molecule has 0 saturated heterocycles. The minimum absolute atomic E-state index is 0.00322. The number of hydrogen-bond donors (Lipinski definition) is 2. The zero-order chi connectivity index (χ0) is 21.3. The number of hydrogen-bond acceptors (Lipinski definition) is 7. The predicted molar refractivity (Wildman–Crippen MR) is 104 cm³/mol. The van der Waals surface area contributed by atoms with E-state index in [1.807, 2.05) is 0 Å². The highest BCUT2D eigenvalue weighted by Crippen LogP contribution is 2.23. The molecule has 10 heteroatoms. The van der Waals surface area contributed by atoms with Gasteiger partial charge in [0.25, 0.3) is 11.8 Å². The number of carbonyl (C=O) groups is 3. The van der Waals surface area contributed by atoms with Crippen molar-refractivity contribution in [2.75, 3.05) is 0 Å². The molecule has 4 rings (SSSR count). The molecule has 152 valence electrons. The number of pyridine rings is 1. The van der Waals surface area contributed by atoms with Gasteiger partial charge in [0.1, 0.15) is 35.9 Å². The summed E-state index contributed by atoms with van der Waals surface area (Å²) in [4.78, 5) is 45.3. The van der Waals surface area contributed by atoms with Crippen LogP contribution in [0.1, 0.15) is 21.9 Å². The Morgan fingerprint density at radius 1 is 1.20 bits per heavy atom. The third-order valence-corrected chi connectivity index (χ3v) is 4.64. The summed E-state index contributed by atoms with van der Waals surface area (Å²) in [5.41, 5.74) is 6.43. The number of nitrogens with one attached hydrogen (secondary N) is 1. The Labute approximate surface area is 169 Å². The number of amides is 2. The van der Waals surface area contributed by atoms with Gasteiger partial charge in [-0.2, -0.15) is 0 Å². The number of nitrogens with zero attached hydrogens (tertiary/aromatic N) is 3. The van der Waals surface area contributed by atoms with Crippen molar-refractivity contribution in [1.29, 1.82) is 0 Å². The van der Waals surface area contributed by atoms with E-state index in [4.69, 9.17) is 14.6 Å². The van der Waals surface area contributed by atoms with Crippen LogP contribution in [0.2, 0.25) is 0 Å². The third-order valence-electron chi connectivity index (χ3n) is 4.64. The van der Waals surface area contributed by atoms with Crippen molar-refractivity contribution in [3.05, 3.63) is 66.5 Å². The van der Waals surface area contributed by atoms with E-state index >= 15 is 0 Å². The van der Waals surface area contributed by atoms with Crippen LogP contribution in [0.4, 0.5) is 0 Å².